The number of anilines is 1. The molecular formula is C22H17BrN2O5. The molecule has 0 saturated carbocycles. The Bertz CT molecular complexity index is 1180. The first-order valence-electron chi connectivity index (χ1n) is 9.05. The molecule has 0 spiro atoms. The Morgan fingerprint density at radius 2 is 1.93 bits per heavy atom. The minimum absolute atomic E-state index is 0.0352. The van der Waals surface area contributed by atoms with Crippen molar-refractivity contribution in [3.05, 3.63) is 81.5 Å². The third kappa shape index (κ3) is 3.39. The van der Waals surface area contributed by atoms with Crippen LogP contribution in [0.3, 0.4) is 0 Å². The van der Waals surface area contributed by atoms with Gasteiger partial charge in [0.15, 0.2) is 5.82 Å². The largest absolute Gasteiger partial charge is 0.507 e. The van der Waals surface area contributed by atoms with Gasteiger partial charge in [0.25, 0.3) is 5.78 Å². The van der Waals surface area contributed by atoms with E-state index in [9.17, 15) is 14.7 Å². The number of carbonyl (C=O) groups excluding carboxylic acids is 2. The Morgan fingerprint density at radius 1 is 1.17 bits per heavy atom. The van der Waals surface area contributed by atoms with Crippen LogP contribution in [0.4, 0.5) is 5.82 Å². The Kier molecular flexibility index (Phi) is 5.17. The molecule has 1 unspecified atom stereocenters. The fraction of sp³-hybridized carbons (Fsp3) is 0.136. The lowest BCUT2D eigenvalue weighted by molar-refractivity contribution is -0.132. The van der Waals surface area contributed by atoms with Gasteiger partial charge in [-0.2, -0.15) is 0 Å². The highest BCUT2D eigenvalue weighted by atomic mass is 79.9. The van der Waals surface area contributed by atoms with Crippen molar-refractivity contribution in [2.45, 2.75) is 13.0 Å². The minimum atomic E-state index is -0.877. The number of aryl methyl sites for hydroxylation is 1. The average Bonchev–Trinajstić information content (AvgIpc) is 3.28. The topological polar surface area (TPSA) is 92.9 Å². The van der Waals surface area contributed by atoms with Gasteiger partial charge in [-0.05, 0) is 36.8 Å². The fourth-order valence-electron chi connectivity index (χ4n) is 3.45. The molecule has 0 bridgehead atoms. The van der Waals surface area contributed by atoms with E-state index in [4.69, 9.17) is 9.26 Å². The number of ether oxygens (including phenoxy) is 1. The molecule has 8 heteroatoms. The number of methoxy groups -OCH3 is 1. The van der Waals surface area contributed by atoms with Gasteiger partial charge >= 0.3 is 5.91 Å². The van der Waals surface area contributed by atoms with E-state index in [1.165, 1.54) is 12.0 Å². The summed E-state index contributed by atoms with van der Waals surface area (Å²) in [7, 11) is 1.51. The van der Waals surface area contributed by atoms with Crippen LogP contribution in [0.25, 0.3) is 5.76 Å². The number of ketones is 1. The molecule has 7 nitrogen and oxygen atoms in total. The van der Waals surface area contributed by atoms with Gasteiger partial charge in [-0.1, -0.05) is 45.4 Å². The molecule has 4 rings (SSSR count). The predicted molar refractivity (Wildman–Crippen MR) is 113 cm³/mol. The Hall–Kier alpha value is -3.39. The fourth-order valence-corrected chi connectivity index (χ4v) is 3.87. The van der Waals surface area contributed by atoms with Crippen molar-refractivity contribution in [3.8, 4) is 5.75 Å². The maximum absolute atomic E-state index is 13.0. The average molecular weight is 469 g/mol. The van der Waals surface area contributed by atoms with E-state index in [-0.39, 0.29) is 17.2 Å². The van der Waals surface area contributed by atoms with Crippen LogP contribution in [0.2, 0.25) is 0 Å². The van der Waals surface area contributed by atoms with E-state index in [1.807, 2.05) is 6.07 Å². The van der Waals surface area contributed by atoms with Crippen LogP contribution in [-0.2, 0) is 9.59 Å². The van der Waals surface area contributed by atoms with Gasteiger partial charge in [-0.15, -0.1) is 0 Å². The first-order chi connectivity index (χ1) is 14.4. The summed E-state index contributed by atoms with van der Waals surface area (Å²) in [6, 6.07) is 14.5. The van der Waals surface area contributed by atoms with Crippen LogP contribution < -0.4 is 9.64 Å². The number of aliphatic hydroxyl groups is 1. The first kappa shape index (κ1) is 19.9. The number of hydrogen-bond donors (Lipinski definition) is 1. The van der Waals surface area contributed by atoms with E-state index < -0.39 is 17.7 Å². The highest BCUT2D eigenvalue weighted by Gasteiger charge is 2.48. The third-order valence-electron chi connectivity index (χ3n) is 4.81. The molecule has 1 saturated heterocycles. The van der Waals surface area contributed by atoms with Crippen molar-refractivity contribution in [1.29, 1.82) is 0 Å². The SMILES string of the molecule is COc1cccc(C(O)=C2C(=O)C(=O)N(c3cc(C)on3)C2c2cccc(Br)c2)c1. The maximum atomic E-state index is 13.0. The molecule has 1 fully saturated rings. The van der Waals surface area contributed by atoms with Crippen molar-refractivity contribution < 1.29 is 24.0 Å². The number of Topliss-reactive ketones (excluding diaryl/α,β-unsaturated/α-hetero) is 1. The number of nitrogens with zero attached hydrogens (tertiary/aromatic N) is 2. The lowest BCUT2D eigenvalue weighted by Gasteiger charge is -2.23. The van der Waals surface area contributed by atoms with Gasteiger partial charge in [-0.3, -0.25) is 14.5 Å². The van der Waals surface area contributed by atoms with Crippen molar-refractivity contribution in [2.24, 2.45) is 0 Å². The standard InChI is InChI=1S/C22H17BrN2O5/c1-12-9-17(24-30-12)25-19(13-5-3-7-15(23)10-13)18(21(27)22(25)28)20(26)14-6-4-8-16(11-14)29-2/h3-11,19,26H,1-2H3. The van der Waals surface area contributed by atoms with Crippen LogP contribution in [-0.4, -0.2) is 29.1 Å². The van der Waals surface area contributed by atoms with Gasteiger partial charge in [0.1, 0.15) is 17.3 Å². The molecular weight excluding hydrogens is 452 g/mol. The smallest absolute Gasteiger partial charge is 0.301 e. The molecule has 2 heterocycles. The number of rotatable bonds is 4. The summed E-state index contributed by atoms with van der Waals surface area (Å²) in [6.07, 6.45) is 0. The zero-order valence-electron chi connectivity index (χ0n) is 16.1. The monoisotopic (exact) mass is 468 g/mol. The lowest BCUT2D eigenvalue weighted by Crippen LogP contribution is -2.29. The van der Waals surface area contributed by atoms with E-state index in [2.05, 4.69) is 21.1 Å². The van der Waals surface area contributed by atoms with Gasteiger partial charge in [0.2, 0.25) is 0 Å². The summed E-state index contributed by atoms with van der Waals surface area (Å²) in [6.45, 7) is 1.69. The van der Waals surface area contributed by atoms with Crippen LogP contribution in [0, 0.1) is 6.92 Å². The van der Waals surface area contributed by atoms with E-state index >= 15 is 0 Å². The zero-order chi connectivity index (χ0) is 21.4. The van der Waals surface area contributed by atoms with Crippen molar-refractivity contribution in [2.75, 3.05) is 12.0 Å². The first-order valence-corrected chi connectivity index (χ1v) is 9.84. The van der Waals surface area contributed by atoms with Crippen molar-refractivity contribution in [3.63, 3.8) is 0 Å². The van der Waals surface area contributed by atoms with Crippen molar-refractivity contribution >= 4 is 39.2 Å². The summed E-state index contributed by atoms with van der Waals surface area (Å²) in [5.41, 5.74) is 0.962. The molecule has 1 aliphatic heterocycles. The molecule has 30 heavy (non-hydrogen) atoms. The Labute approximate surface area is 180 Å². The van der Waals surface area contributed by atoms with Gasteiger partial charge < -0.3 is 14.4 Å². The van der Waals surface area contributed by atoms with Gasteiger partial charge in [0.05, 0.1) is 18.7 Å². The number of hydrogen-bond acceptors (Lipinski definition) is 6. The molecule has 1 amide bonds. The molecule has 0 aliphatic carbocycles. The third-order valence-corrected chi connectivity index (χ3v) is 5.31. The summed E-state index contributed by atoms with van der Waals surface area (Å²) in [5, 5.41) is 15.0. The molecule has 152 valence electrons. The second-order valence-corrected chi connectivity index (χ2v) is 7.67. The number of carbonyl (C=O) groups is 2. The normalized spacial score (nSPS) is 18.1. The number of benzene rings is 2. The van der Waals surface area contributed by atoms with Crippen molar-refractivity contribution in [1.82, 2.24) is 5.16 Å². The highest BCUT2D eigenvalue weighted by Crippen LogP contribution is 2.42. The molecule has 1 atom stereocenters. The van der Waals surface area contributed by atoms with Crippen LogP contribution in [0.15, 0.2) is 69.2 Å². The van der Waals surface area contributed by atoms with Crippen LogP contribution >= 0.6 is 15.9 Å². The summed E-state index contributed by atoms with van der Waals surface area (Å²) in [4.78, 5) is 27.2. The van der Waals surface area contributed by atoms with Crippen LogP contribution in [0.1, 0.15) is 22.9 Å². The molecule has 1 aromatic heterocycles. The Balaban J connectivity index is 1.95. The number of amides is 1. The lowest BCUT2D eigenvalue weighted by atomic mass is 9.95. The second-order valence-electron chi connectivity index (χ2n) is 6.75. The van der Waals surface area contributed by atoms with Crippen LogP contribution in [0.5, 0.6) is 5.75 Å². The Morgan fingerprint density at radius 3 is 2.60 bits per heavy atom. The van der Waals surface area contributed by atoms with Gasteiger partial charge in [0, 0.05) is 16.1 Å². The highest BCUT2D eigenvalue weighted by molar-refractivity contribution is 9.10. The molecule has 1 N–H and O–H groups in total. The molecule has 0 radical (unpaired) electrons. The zero-order valence-corrected chi connectivity index (χ0v) is 17.7. The summed E-state index contributed by atoms with van der Waals surface area (Å²) >= 11 is 3.42. The summed E-state index contributed by atoms with van der Waals surface area (Å²) < 4.78 is 11.1. The molecule has 2 aromatic carbocycles. The van der Waals surface area contributed by atoms with E-state index in [1.54, 1.807) is 55.5 Å². The molecule has 1 aliphatic rings. The minimum Gasteiger partial charge on any atom is -0.507 e. The predicted octanol–water partition coefficient (Wildman–Crippen LogP) is 4.38. The van der Waals surface area contributed by atoms with E-state index in [0.29, 0.717) is 22.6 Å². The number of halogens is 1. The maximum Gasteiger partial charge on any atom is 0.301 e. The van der Waals surface area contributed by atoms with Gasteiger partial charge in [-0.25, -0.2) is 0 Å². The quantitative estimate of drug-likeness (QED) is 0.347. The summed E-state index contributed by atoms with van der Waals surface area (Å²) in [5.74, 6) is -0.685. The molecule has 3 aromatic rings. The van der Waals surface area contributed by atoms with E-state index in [0.717, 1.165) is 4.47 Å². The second kappa shape index (κ2) is 7.79. The number of aliphatic hydroxyl groups excluding tert-OH is 1. The number of aromatic nitrogens is 1.